The normalized spacial score (nSPS) is 13.0. The number of halogens is 1. The fourth-order valence-corrected chi connectivity index (χ4v) is 2.52. The van der Waals surface area contributed by atoms with Crippen LogP contribution in [-0.4, -0.2) is 18.6 Å². The van der Waals surface area contributed by atoms with Crippen LogP contribution in [0.5, 0.6) is 5.75 Å². The van der Waals surface area contributed by atoms with Crippen LogP contribution in [0.1, 0.15) is 18.1 Å². The second-order valence-corrected chi connectivity index (χ2v) is 5.68. The fraction of sp³-hybridized carbons (Fsp3) is 0.158. The van der Waals surface area contributed by atoms with Crippen molar-refractivity contribution in [2.75, 3.05) is 17.4 Å². The first-order valence-electron chi connectivity index (χ1n) is 7.91. The van der Waals surface area contributed by atoms with Crippen molar-refractivity contribution in [2.45, 2.75) is 13.5 Å². The van der Waals surface area contributed by atoms with Crippen molar-refractivity contribution in [3.8, 4) is 5.75 Å². The first-order valence-corrected chi connectivity index (χ1v) is 7.91. The summed E-state index contributed by atoms with van der Waals surface area (Å²) in [6, 6.07) is 9.34. The number of nitrogens with one attached hydrogen (secondary N) is 2. The minimum Gasteiger partial charge on any atom is -0.467 e. The van der Waals surface area contributed by atoms with Gasteiger partial charge in [-0.15, -0.1) is 0 Å². The Hall–Kier alpha value is -3.19. The number of carbonyl (C=O) groups excluding carboxylic acids is 2. The third-order valence-corrected chi connectivity index (χ3v) is 3.59. The molecule has 0 radical (unpaired) electrons. The van der Waals surface area contributed by atoms with Crippen LogP contribution in [0, 0.1) is 5.82 Å². The lowest BCUT2D eigenvalue weighted by Crippen LogP contribution is -2.13. The molecule has 2 amide bonds. The molecule has 1 aliphatic heterocycles. The Kier molecular flexibility index (Phi) is 5.28. The Morgan fingerprint density at radius 2 is 1.81 bits per heavy atom. The van der Waals surface area contributed by atoms with Crippen molar-refractivity contribution >= 4 is 29.3 Å². The van der Waals surface area contributed by atoms with Crippen molar-refractivity contribution in [1.82, 2.24) is 0 Å². The van der Waals surface area contributed by atoms with Crippen LogP contribution in [0.25, 0.3) is 6.08 Å². The van der Waals surface area contributed by atoms with E-state index in [1.165, 1.54) is 31.2 Å². The number of fused-ring (bicyclic) bond motifs is 1. The number of hydrogen-bond acceptors (Lipinski definition) is 4. The minimum atomic E-state index is -0.425. The molecule has 0 saturated carbocycles. The molecule has 0 spiro atoms. The van der Waals surface area contributed by atoms with Gasteiger partial charge in [0, 0.05) is 35.5 Å². The summed E-state index contributed by atoms with van der Waals surface area (Å²) in [6.07, 6.45) is 2.80. The molecular weight excluding hydrogens is 339 g/mol. The summed E-state index contributed by atoms with van der Waals surface area (Å²) in [7, 11) is 0. The molecule has 0 fully saturated rings. The largest absolute Gasteiger partial charge is 0.467 e. The van der Waals surface area contributed by atoms with E-state index in [2.05, 4.69) is 10.6 Å². The summed E-state index contributed by atoms with van der Waals surface area (Å²) >= 11 is 0. The van der Waals surface area contributed by atoms with Crippen molar-refractivity contribution in [3.63, 3.8) is 0 Å². The highest BCUT2D eigenvalue weighted by Crippen LogP contribution is 2.30. The maximum atomic E-state index is 13.7. The monoisotopic (exact) mass is 356 g/mol. The predicted molar refractivity (Wildman–Crippen MR) is 95.1 cm³/mol. The van der Waals surface area contributed by atoms with E-state index in [4.69, 9.17) is 9.47 Å². The molecule has 0 bridgehead atoms. The number of carbonyl (C=O) groups is 2. The minimum absolute atomic E-state index is 0.0896. The number of rotatable bonds is 4. The highest BCUT2D eigenvalue weighted by atomic mass is 19.1. The van der Waals surface area contributed by atoms with Crippen LogP contribution in [0.4, 0.5) is 15.8 Å². The van der Waals surface area contributed by atoms with Crippen LogP contribution in [0.3, 0.4) is 0 Å². The molecule has 7 heteroatoms. The topological polar surface area (TPSA) is 76.7 Å². The summed E-state index contributed by atoms with van der Waals surface area (Å²) in [4.78, 5) is 23.1. The molecule has 26 heavy (non-hydrogen) atoms. The van der Waals surface area contributed by atoms with Gasteiger partial charge in [-0.2, -0.15) is 0 Å². The number of anilines is 2. The van der Waals surface area contributed by atoms with E-state index < -0.39 is 5.82 Å². The summed E-state index contributed by atoms with van der Waals surface area (Å²) in [5, 5.41) is 5.33. The lowest BCUT2D eigenvalue weighted by atomic mass is 10.1. The molecule has 2 N–H and O–H groups in total. The van der Waals surface area contributed by atoms with E-state index in [0.29, 0.717) is 28.3 Å². The molecule has 0 aliphatic carbocycles. The third-order valence-electron chi connectivity index (χ3n) is 3.59. The molecule has 0 unspecified atom stereocenters. The van der Waals surface area contributed by atoms with Gasteiger partial charge in [0.25, 0.3) is 0 Å². The molecule has 0 atom stereocenters. The van der Waals surface area contributed by atoms with Crippen molar-refractivity contribution < 1.29 is 23.5 Å². The van der Waals surface area contributed by atoms with Crippen LogP contribution in [0.2, 0.25) is 0 Å². The fourth-order valence-electron chi connectivity index (χ4n) is 2.52. The van der Waals surface area contributed by atoms with E-state index >= 15 is 0 Å². The maximum absolute atomic E-state index is 13.7. The molecule has 1 aliphatic rings. The zero-order valence-corrected chi connectivity index (χ0v) is 14.0. The van der Waals surface area contributed by atoms with E-state index in [1.54, 1.807) is 24.3 Å². The van der Waals surface area contributed by atoms with Crippen molar-refractivity contribution in [1.29, 1.82) is 0 Å². The maximum Gasteiger partial charge on any atom is 0.248 e. The molecule has 0 saturated heterocycles. The number of hydrogen-bond donors (Lipinski definition) is 2. The summed E-state index contributed by atoms with van der Waals surface area (Å²) < 4.78 is 24.2. The van der Waals surface area contributed by atoms with Gasteiger partial charge >= 0.3 is 0 Å². The Morgan fingerprint density at radius 3 is 2.50 bits per heavy atom. The van der Waals surface area contributed by atoms with Gasteiger partial charge in [-0.1, -0.05) is 0 Å². The van der Waals surface area contributed by atoms with Gasteiger partial charge in [-0.05, 0) is 42.5 Å². The smallest absolute Gasteiger partial charge is 0.248 e. The molecular formula is C19H17FN2O4. The first-order chi connectivity index (χ1) is 12.5. The number of amides is 2. The van der Waals surface area contributed by atoms with E-state index in [0.717, 1.165) is 0 Å². The van der Waals surface area contributed by atoms with Gasteiger partial charge in [-0.3, -0.25) is 9.59 Å². The van der Waals surface area contributed by atoms with Gasteiger partial charge < -0.3 is 20.1 Å². The summed E-state index contributed by atoms with van der Waals surface area (Å²) in [5.41, 5.74) is 2.28. The summed E-state index contributed by atoms with van der Waals surface area (Å²) in [5.74, 6) is -0.453. The van der Waals surface area contributed by atoms with Crippen molar-refractivity contribution in [3.05, 3.63) is 59.4 Å². The predicted octanol–water partition coefficient (Wildman–Crippen LogP) is 3.30. The van der Waals surface area contributed by atoms with E-state index in [9.17, 15) is 14.0 Å². The molecule has 0 aromatic heterocycles. The molecule has 2 aromatic rings. The highest BCUT2D eigenvalue weighted by molar-refractivity contribution is 6.02. The van der Waals surface area contributed by atoms with E-state index in [1.807, 2.05) is 0 Å². The van der Waals surface area contributed by atoms with Crippen LogP contribution in [-0.2, 0) is 20.9 Å². The average molecular weight is 356 g/mol. The van der Waals surface area contributed by atoms with Gasteiger partial charge in [0.2, 0.25) is 11.8 Å². The lowest BCUT2D eigenvalue weighted by molar-refractivity contribution is -0.114. The van der Waals surface area contributed by atoms with Crippen LogP contribution in [0.15, 0.2) is 42.5 Å². The van der Waals surface area contributed by atoms with Gasteiger partial charge in [0.1, 0.15) is 11.6 Å². The number of ether oxygens (including phenoxy) is 2. The lowest BCUT2D eigenvalue weighted by Gasteiger charge is -2.19. The second-order valence-electron chi connectivity index (χ2n) is 5.68. The quantitative estimate of drug-likeness (QED) is 0.824. The Labute approximate surface area is 149 Å². The second kappa shape index (κ2) is 7.79. The van der Waals surface area contributed by atoms with Gasteiger partial charge in [0.15, 0.2) is 6.79 Å². The zero-order valence-electron chi connectivity index (χ0n) is 14.0. The van der Waals surface area contributed by atoms with Crippen LogP contribution < -0.4 is 15.4 Å². The standard InChI is InChI=1S/C19H17FN2O4/c1-12(23)21-16-3-5-17(6-4-16)22-18(24)7-2-13-8-15(20)9-14-10-25-11-26-19(13)14/h2-9H,10-11H2,1H3,(H,21,23)(H,22,24)/b7-2+. The Bertz CT molecular complexity index is 863. The third kappa shape index (κ3) is 4.46. The van der Waals surface area contributed by atoms with E-state index in [-0.39, 0.29) is 25.2 Å². The first kappa shape index (κ1) is 17.6. The summed E-state index contributed by atoms with van der Waals surface area (Å²) in [6.45, 7) is 1.77. The SMILES string of the molecule is CC(=O)Nc1ccc(NC(=O)/C=C/c2cc(F)cc3c2OCOC3)cc1. The Balaban J connectivity index is 1.68. The van der Waals surface area contributed by atoms with Gasteiger partial charge in [-0.25, -0.2) is 4.39 Å². The molecule has 2 aromatic carbocycles. The molecule has 1 heterocycles. The molecule has 3 rings (SSSR count). The Morgan fingerprint density at radius 1 is 1.12 bits per heavy atom. The average Bonchev–Trinajstić information content (AvgIpc) is 2.61. The number of benzene rings is 2. The van der Waals surface area contributed by atoms with Crippen LogP contribution >= 0.6 is 0 Å². The highest BCUT2D eigenvalue weighted by Gasteiger charge is 2.15. The zero-order chi connectivity index (χ0) is 18.5. The molecule has 6 nitrogen and oxygen atoms in total. The molecule has 134 valence electrons. The van der Waals surface area contributed by atoms with Crippen molar-refractivity contribution in [2.24, 2.45) is 0 Å². The van der Waals surface area contributed by atoms with Gasteiger partial charge in [0.05, 0.1) is 6.61 Å².